The molecule has 0 aliphatic carbocycles. The van der Waals surface area contributed by atoms with Crippen LogP contribution in [-0.2, 0) is 10.7 Å². The molecule has 0 amide bonds. The Morgan fingerprint density at radius 3 is 2.58 bits per heavy atom. The summed E-state index contributed by atoms with van der Waals surface area (Å²) in [5.41, 5.74) is 2.51. The molecule has 0 N–H and O–H groups in total. The van der Waals surface area contributed by atoms with Crippen LogP contribution in [0.15, 0.2) is 36.9 Å². The summed E-state index contributed by atoms with van der Waals surface area (Å²) >= 11 is 0. The molecule has 1 rings (SSSR count). The Morgan fingerprint density at radius 2 is 2.00 bits per heavy atom. The number of unbranched alkanes of at least 4 members (excludes halogenated alkanes) is 1. The zero-order valence-corrected chi connectivity index (χ0v) is 13.5. The highest BCUT2D eigenvalue weighted by molar-refractivity contribution is 7.63. The molecule has 106 valence electrons. The van der Waals surface area contributed by atoms with Gasteiger partial charge >= 0.3 is 0 Å². The second-order valence-corrected chi connectivity index (χ2v) is 9.12. The highest BCUT2D eigenvalue weighted by atomic mass is 31.2. The monoisotopic (exact) mass is 278 g/mol. The molecule has 0 aliphatic heterocycles. The van der Waals surface area contributed by atoms with Gasteiger partial charge in [0, 0.05) is 18.5 Å². The van der Waals surface area contributed by atoms with Crippen LogP contribution in [0.5, 0.6) is 0 Å². The predicted molar refractivity (Wildman–Crippen MR) is 86.5 cm³/mol. The molecule has 0 bridgehead atoms. The van der Waals surface area contributed by atoms with Crippen LogP contribution in [0.2, 0.25) is 0 Å². The first kappa shape index (κ1) is 16.2. The summed E-state index contributed by atoms with van der Waals surface area (Å²) in [6.45, 7) is 10.2. The van der Waals surface area contributed by atoms with Gasteiger partial charge in [-0.2, -0.15) is 0 Å². The van der Waals surface area contributed by atoms with Gasteiger partial charge in [0.2, 0.25) is 0 Å². The minimum Gasteiger partial charge on any atom is -0.323 e. The number of rotatable bonds is 8. The first-order valence-corrected chi connectivity index (χ1v) is 9.45. The molecule has 0 spiro atoms. The van der Waals surface area contributed by atoms with E-state index in [1.54, 1.807) is 0 Å². The predicted octanol–water partition coefficient (Wildman–Crippen LogP) is 5.48. The van der Waals surface area contributed by atoms with Gasteiger partial charge in [0.15, 0.2) is 0 Å². The van der Waals surface area contributed by atoms with Crippen LogP contribution < -0.4 is 0 Å². The fourth-order valence-corrected chi connectivity index (χ4v) is 6.06. The van der Waals surface area contributed by atoms with E-state index in [2.05, 4.69) is 39.5 Å². The summed E-state index contributed by atoms with van der Waals surface area (Å²) in [5, 5.41) is 0. The molecule has 2 heteroatoms. The van der Waals surface area contributed by atoms with Gasteiger partial charge in [0.1, 0.15) is 0 Å². The van der Waals surface area contributed by atoms with E-state index in [4.69, 9.17) is 0 Å². The summed E-state index contributed by atoms with van der Waals surface area (Å²) in [4.78, 5) is 0. The molecule has 1 nitrogen and oxygen atoms in total. The maximum absolute atomic E-state index is 13.2. The fourth-order valence-electron chi connectivity index (χ4n) is 2.52. The van der Waals surface area contributed by atoms with Gasteiger partial charge in [0.25, 0.3) is 0 Å². The Balaban J connectivity index is 2.82. The molecule has 1 aromatic rings. The van der Waals surface area contributed by atoms with E-state index in [1.807, 2.05) is 18.2 Å². The van der Waals surface area contributed by atoms with Gasteiger partial charge in [-0.25, -0.2) is 0 Å². The molecular formula is C17H27OP. The van der Waals surface area contributed by atoms with Crippen molar-refractivity contribution in [3.05, 3.63) is 48.0 Å². The van der Waals surface area contributed by atoms with E-state index in [0.29, 0.717) is 5.92 Å². The lowest BCUT2D eigenvalue weighted by atomic mass is 10.1. The zero-order valence-electron chi connectivity index (χ0n) is 12.6. The standard InChI is InChI=1S/C17H27OP/c1-5-6-9-12-19(18,13-15(2)3)14-17-11-8-7-10-16(17)4/h5,7-8,10-11,15H,1,6,9,12-14H2,2-4H3. The molecule has 0 heterocycles. The molecule has 0 radical (unpaired) electrons. The van der Waals surface area contributed by atoms with Crippen molar-refractivity contribution in [3.8, 4) is 0 Å². The SMILES string of the molecule is C=CCCCP(=O)(Cc1ccccc1C)CC(C)C. The van der Waals surface area contributed by atoms with Gasteiger partial charge in [-0.05, 0) is 36.8 Å². The summed E-state index contributed by atoms with van der Waals surface area (Å²) in [7, 11) is -2.10. The largest absolute Gasteiger partial charge is 0.323 e. The van der Waals surface area contributed by atoms with Crippen LogP contribution >= 0.6 is 7.14 Å². The highest BCUT2D eigenvalue weighted by Gasteiger charge is 2.23. The molecule has 19 heavy (non-hydrogen) atoms. The molecule has 0 aromatic heterocycles. The molecule has 0 aliphatic rings. The second kappa shape index (κ2) is 7.70. The summed E-state index contributed by atoms with van der Waals surface area (Å²) in [5.74, 6) is 0.499. The van der Waals surface area contributed by atoms with Crippen molar-refractivity contribution in [3.63, 3.8) is 0 Å². The van der Waals surface area contributed by atoms with Crippen molar-refractivity contribution in [2.24, 2.45) is 5.92 Å². The first-order valence-electron chi connectivity index (χ1n) is 7.19. The topological polar surface area (TPSA) is 17.1 Å². The average Bonchev–Trinajstić information content (AvgIpc) is 2.31. The maximum atomic E-state index is 13.2. The summed E-state index contributed by atoms with van der Waals surface area (Å²) in [6, 6.07) is 8.32. The van der Waals surface area contributed by atoms with Gasteiger partial charge in [-0.3, -0.25) is 0 Å². The lowest BCUT2D eigenvalue weighted by molar-refractivity contribution is 0.562. The molecule has 1 aromatic carbocycles. The van der Waals surface area contributed by atoms with Gasteiger partial charge in [-0.15, -0.1) is 6.58 Å². The maximum Gasteiger partial charge on any atom is 0.0922 e. The Kier molecular flexibility index (Phi) is 6.58. The van der Waals surface area contributed by atoms with Crippen molar-refractivity contribution < 1.29 is 4.57 Å². The van der Waals surface area contributed by atoms with E-state index in [1.165, 1.54) is 11.1 Å². The molecule has 1 atom stereocenters. The Morgan fingerprint density at radius 1 is 1.32 bits per heavy atom. The van der Waals surface area contributed by atoms with E-state index < -0.39 is 7.14 Å². The van der Waals surface area contributed by atoms with E-state index in [0.717, 1.165) is 31.3 Å². The van der Waals surface area contributed by atoms with Gasteiger partial charge in [-0.1, -0.05) is 44.2 Å². The van der Waals surface area contributed by atoms with Crippen LogP contribution in [0.4, 0.5) is 0 Å². The Labute approximate surface area is 118 Å². The van der Waals surface area contributed by atoms with Crippen molar-refractivity contribution in [1.82, 2.24) is 0 Å². The third-order valence-electron chi connectivity index (χ3n) is 3.39. The quantitative estimate of drug-likeness (QED) is 0.349. The third-order valence-corrected chi connectivity index (χ3v) is 6.84. The van der Waals surface area contributed by atoms with Gasteiger partial charge in [0.05, 0.1) is 7.14 Å². The van der Waals surface area contributed by atoms with Crippen LogP contribution in [0.1, 0.15) is 37.8 Å². The highest BCUT2D eigenvalue weighted by Crippen LogP contribution is 2.51. The van der Waals surface area contributed by atoms with Gasteiger partial charge < -0.3 is 4.57 Å². The normalized spacial score (nSPS) is 14.3. The van der Waals surface area contributed by atoms with Crippen molar-refractivity contribution in [2.45, 2.75) is 39.8 Å². The lowest BCUT2D eigenvalue weighted by Gasteiger charge is -2.21. The lowest BCUT2D eigenvalue weighted by Crippen LogP contribution is -2.05. The minimum absolute atomic E-state index is 0.499. The number of hydrogen-bond acceptors (Lipinski definition) is 1. The van der Waals surface area contributed by atoms with E-state index >= 15 is 0 Å². The molecule has 0 saturated carbocycles. The van der Waals surface area contributed by atoms with Crippen molar-refractivity contribution >= 4 is 7.14 Å². The fraction of sp³-hybridized carbons (Fsp3) is 0.529. The molecule has 1 unspecified atom stereocenters. The Bertz CT molecular complexity index is 448. The summed E-state index contributed by atoms with van der Waals surface area (Å²) in [6.07, 6.45) is 6.36. The van der Waals surface area contributed by atoms with E-state index in [9.17, 15) is 4.57 Å². The average molecular weight is 278 g/mol. The minimum atomic E-state index is -2.10. The second-order valence-electron chi connectivity index (χ2n) is 5.87. The molecule has 0 fully saturated rings. The summed E-state index contributed by atoms with van der Waals surface area (Å²) < 4.78 is 13.2. The van der Waals surface area contributed by atoms with Crippen LogP contribution in [-0.4, -0.2) is 12.3 Å². The Hall–Kier alpha value is -0.810. The van der Waals surface area contributed by atoms with Crippen molar-refractivity contribution in [1.29, 1.82) is 0 Å². The number of benzene rings is 1. The third kappa shape index (κ3) is 5.78. The molecular weight excluding hydrogens is 251 g/mol. The van der Waals surface area contributed by atoms with Crippen LogP contribution in [0.25, 0.3) is 0 Å². The zero-order chi connectivity index (χ0) is 14.3. The smallest absolute Gasteiger partial charge is 0.0922 e. The first-order chi connectivity index (χ1) is 8.97. The van der Waals surface area contributed by atoms with Crippen LogP contribution in [0, 0.1) is 12.8 Å². The van der Waals surface area contributed by atoms with E-state index in [-0.39, 0.29) is 0 Å². The van der Waals surface area contributed by atoms with Crippen molar-refractivity contribution in [2.75, 3.05) is 12.3 Å². The molecule has 0 saturated heterocycles. The number of aryl methyl sites for hydroxylation is 1. The number of allylic oxidation sites excluding steroid dienone is 1. The van der Waals surface area contributed by atoms with Crippen LogP contribution in [0.3, 0.4) is 0 Å². The number of hydrogen-bond donors (Lipinski definition) is 0.